The minimum Gasteiger partial charge on any atom is -0.353 e. The summed E-state index contributed by atoms with van der Waals surface area (Å²) in [4.78, 5) is 0. The van der Waals surface area contributed by atoms with E-state index in [-0.39, 0.29) is 12.6 Å². The topological polar surface area (TPSA) is 64.6 Å². The van der Waals surface area contributed by atoms with Crippen LogP contribution in [0.5, 0.6) is 0 Å². The van der Waals surface area contributed by atoms with Crippen LogP contribution in [-0.2, 0) is 33.2 Å². The van der Waals surface area contributed by atoms with Crippen LogP contribution < -0.4 is 0 Å². The van der Waals surface area contributed by atoms with Crippen molar-refractivity contribution in [1.82, 2.24) is 0 Å². The molecular weight excluding hydrogens is 953 g/mol. The number of hydrogen-bond donors (Lipinski definition) is 0. The Morgan fingerprint density at radius 3 is 0.688 bits per heavy atom. The number of methoxy groups -OCH3 is 2. The van der Waals surface area contributed by atoms with Gasteiger partial charge in [0.25, 0.3) is 0 Å². The van der Waals surface area contributed by atoms with Crippen LogP contribution in [0.25, 0.3) is 0 Å². The predicted octanol–water partition coefficient (Wildman–Crippen LogP) is 23.1. The van der Waals surface area contributed by atoms with E-state index in [0.29, 0.717) is 0 Å². The van der Waals surface area contributed by atoms with E-state index in [1.807, 2.05) is 12.2 Å². The Hall–Kier alpha value is -0.800. The third kappa shape index (κ3) is 61.1. The van der Waals surface area contributed by atoms with Crippen LogP contribution in [0.4, 0.5) is 0 Å². The van der Waals surface area contributed by atoms with Crippen molar-refractivity contribution < 1.29 is 33.2 Å². The Labute approximate surface area is 482 Å². The molecule has 0 saturated carbocycles. The summed E-state index contributed by atoms with van der Waals surface area (Å²) in [5.41, 5.74) is 0. The monoisotopic (exact) mass is 1090 g/mol. The largest absolute Gasteiger partial charge is 0.353 e. The maximum atomic E-state index is 6.29. The highest BCUT2D eigenvalue weighted by Crippen LogP contribution is 2.19. The summed E-state index contributed by atoms with van der Waals surface area (Å²) in [6.07, 6.45) is 75.3. The van der Waals surface area contributed by atoms with Crippen molar-refractivity contribution in [3.8, 4) is 0 Å². The van der Waals surface area contributed by atoms with E-state index in [1.165, 1.54) is 308 Å². The number of ether oxygens (including phenoxy) is 7. The summed E-state index contributed by atoms with van der Waals surface area (Å²) in [5, 5.41) is 0. The summed E-state index contributed by atoms with van der Waals surface area (Å²) in [5.74, 6) is 0. The van der Waals surface area contributed by atoms with Gasteiger partial charge < -0.3 is 33.2 Å². The minimum atomic E-state index is -0.394. The second-order valence-electron chi connectivity index (χ2n) is 23.3. The first-order chi connectivity index (χ1) is 38.1. The van der Waals surface area contributed by atoms with Gasteiger partial charge >= 0.3 is 0 Å². The third-order valence-electron chi connectivity index (χ3n) is 15.6. The number of unbranched alkanes of at least 4 members (excludes halogenated alkanes) is 44. The van der Waals surface area contributed by atoms with E-state index < -0.39 is 12.6 Å². The van der Waals surface area contributed by atoms with Gasteiger partial charge in [0.05, 0.1) is 0 Å². The molecule has 0 saturated heterocycles. The van der Waals surface area contributed by atoms with E-state index in [2.05, 4.69) is 39.8 Å². The number of rotatable bonds is 68. The fourth-order valence-corrected chi connectivity index (χ4v) is 10.4. The highest BCUT2D eigenvalue weighted by molar-refractivity contribution is 4.89. The maximum Gasteiger partial charge on any atom is 0.179 e. The van der Waals surface area contributed by atoms with Gasteiger partial charge in [-0.2, -0.15) is 0 Å². The van der Waals surface area contributed by atoms with Crippen molar-refractivity contribution in [1.29, 1.82) is 0 Å². The summed E-state index contributed by atoms with van der Waals surface area (Å²) in [6.45, 7) is 12.6. The highest BCUT2D eigenvalue weighted by Gasteiger charge is 2.13. The van der Waals surface area contributed by atoms with E-state index >= 15 is 0 Å². The first kappa shape index (κ1) is 76.2. The zero-order valence-electron chi connectivity index (χ0n) is 53.1. The van der Waals surface area contributed by atoms with Crippen LogP contribution in [0.1, 0.15) is 362 Å². The maximum absolute atomic E-state index is 6.29. The molecule has 0 bridgehead atoms. The summed E-state index contributed by atoms with van der Waals surface area (Å²) >= 11 is 0. The molecule has 0 heterocycles. The molecule has 0 N–H and O–H groups in total. The van der Waals surface area contributed by atoms with Gasteiger partial charge in [0.1, 0.15) is 0 Å². The minimum absolute atomic E-state index is 0.0000224. The normalized spacial score (nSPS) is 13.0. The molecule has 77 heavy (non-hydrogen) atoms. The molecule has 0 aliphatic heterocycles. The lowest BCUT2D eigenvalue weighted by atomic mass is 10.0. The average Bonchev–Trinajstić information content (AvgIpc) is 3.44. The van der Waals surface area contributed by atoms with Gasteiger partial charge in [0.15, 0.2) is 25.2 Å². The van der Waals surface area contributed by atoms with Gasteiger partial charge in [-0.05, 0) is 89.2 Å². The molecule has 0 fully saturated rings. The molecule has 7 heteroatoms. The Balaban J connectivity index is 4.04. The van der Waals surface area contributed by atoms with Gasteiger partial charge in [-0.3, -0.25) is 0 Å². The summed E-state index contributed by atoms with van der Waals surface area (Å²) < 4.78 is 42.5. The first-order valence-corrected chi connectivity index (χ1v) is 34.7. The Kier molecular flexibility index (Phi) is 67.0. The van der Waals surface area contributed by atoms with Crippen molar-refractivity contribution >= 4 is 0 Å². The van der Waals surface area contributed by atoms with Gasteiger partial charge in [-0.15, -0.1) is 0 Å². The van der Waals surface area contributed by atoms with Crippen LogP contribution >= 0.6 is 0 Å². The summed E-state index contributed by atoms with van der Waals surface area (Å²) in [7, 11) is 3.42. The molecule has 2 atom stereocenters. The van der Waals surface area contributed by atoms with Crippen molar-refractivity contribution in [3.05, 3.63) is 24.3 Å². The Bertz CT molecular complexity index is 991. The van der Waals surface area contributed by atoms with Crippen molar-refractivity contribution in [2.45, 2.75) is 387 Å². The third-order valence-corrected chi connectivity index (χ3v) is 15.6. The van der Waals surface area contributed by atoms with Crippen LogP contribution in [0.3, 0.4) is 0 Å². The van der Waals surface area contributed by atoms with Gasteiger partial charge in [0.2, 0.25) is 0 Å². The zero-order valence-corrected chi connectivity index (χ0v) is 53.1. The SMILES string of the molecule is CCCCCCCCCOC(CCCCCCCCCCCCC=CC(OC)OC(C=CCCCCCCCCCCCCC(OCCCCCCCCC)OCCCCCCCCC)OC)OCCCCCCCCC. The highest BCUT2D eigenvalue weighted by atomic mass is 16.8. The molecule has 0 rings (SSSR count). The molecule has 0 aromatic rings. The van der Waals surface area contributed by atoms with Crippen molar-refractivity contribution in [3.63, 3.8) is 0 Å². The lowest BCUT2D eigenvalue weighted by Crippen LogP contribution is -2.22. The van der Waals surface area contributed by atoms with Crippen LogP contribution in [0.2, 0.25) is 0 Å². The quantitative estimate of drug-likeness (QED) is 0.0342. The van der Waals surface area contributed by atoms with Crippen LogP contribution in [0.15, 0.2) is 24.3 Å². The van der Waals surface area contributed by atoms with Gasteiger partial charge in [-0.1, -0.05) is 297 Å². The smallest absolute Gasteiger partial charge is 0.179 e. The molecule has 0 amide bonds. The molecule has 7 nitrogen and oxygen atoms in total. The molecule has 460 valence electrons. The van der Waals surface area contributed by atoms with E-state index in [1.54, 1.807) is 14.2 Å². The summed E-state index contributed by atoms with van der Waals surface area (Å²) in [6, 6.07) is 0. The van der Waals surface area contributed by atoms with Crippen molar-refractivity contribution in [2.24, 2.45) is 0 Å². The molecule has 0 aliphatic carbocycles. The lowest BCUT2D eigenvalue weighted by molar-refractivity contribution is -0.188. The molecule has 0 spiro atoms. The second-order valence-corrected chi connectivity index (χ2v) is 23.3. The fourth-order valence-electron chi connectivity index (χ4n) is 10.4. The van der Waals surface area contributed by atoms with Gasteiger partial charge in [0, 0.05) is 40.6 Å². The predicted molar refractivity (Wildman–Crippen MR) is 335 cm³/mol. The second kappa shape index (κ2) is 67.7. The van der Waals surface area contributed by atoms with E-state index in [4.69, 9.17) is 33.2 Å². The number of hydrogen-bond acceptors (Lipinski definition) is 7. The van der Waals surface area contributed by atoms with Crippen LogP contribution in [-0.4, -0.2) is 65.8 Å². The first-order valence-electron chi connectivity index (χ1n) is 34.7. The fraction of sp³-hybridized carbons (Fsp3) is 0.943. The molecule has 0 aromatic carbocycles. The standard InChI is InChI=1S/C70H138O7/c1-7-11-15-19-39-47-55-63-73-69(74-64-56-48-40-20-16-12-8-2)61-53-45-37-33-29-25-23-27-31-35-43-51-59-67(71-5)77-68(72-6)60-52-44-36-32-28-24-26-30-34-38-46-54-62-70(75-65-57-49-41-21-17-13-9-3)76-66-58-50-42-22-18-14-10-4/h51-52,59-60,67-70H,7-50,53-58,61-66H2,1-6H3. The van der Waals surface area contributed by atoms with E-state index in [9.17, 15) is 0 Å². The lowest BCUT2D eigenvalue weighted by Gasteiger charge is -2.19. The zero-order chi connectivity index (χ0) is 55.7. The number of allylic oxidation sites excluding steroid dienone is 2. The molecule has 2 unspecified atom stereocenters. The average molecular weight is 1090 g/mol. The van der Waals surface area contributed by atoms with Crippen molar-refractivity contribution in [2.75, 3.05) is 40.6 Å². The molecule has 0 aromatic heterocycles. The van der Waals surface area contributed by atoms with E-state index in [0.717, 1.165) is 52.1 Å². The Morgan fingerprint density at radius 1 is 0.247 bits per heavy atom. The Morgan fingerprint density at radius 2 is 0.455 bits per heavy atom. The van der Waals surface area contributed by atoms with Crippen LogP contribution in [0, 0.1) is 0 Å². The molecule has 0 radical (unpaired) electrons. The molecular formula is C70H138O7. The van der Waals surface area contributed by atoms with Gasteiger partial charge in [-0.25, -0.2) is 0 Å². The molecule has 0 aliphatic rings.